The monoisotopic (exact) mass is 240 g/mol. The van der Waals surface area contributed by atoms with Crippen molar-refractivity contribution in [1.82, 2.24) is 0 Å². The minimum atomic E-state index is -0.795. The molecule has 2 nitrogen and oxygen atoms in total. The summed E-state index contributed by atoms with van der Waals surface area (Å²) in [6.07, 6.45) is 0.985. The van der Waals surface area contributed by atoms with E-state index in [-0.39, 0.29) is 6.10 Å². The van der Waals surface area contributed by atoms with Crippen molar-refractivity contribution >= 4 is 5.78 Å². The van der Waals surface area contributed by atoms with E-state index in [1.807, 2.05) is 6.92 Å². The number of halogens is 2. The molecule has 1 saturated heterocycles. The summed E-state index contributed by atoms with van der Waals surface area (Å²) in [5.41, 5.74) is -0.429. The third-order valence-corrected chi connectivity index (χ3v) is 3.16. The highest BCUT2D eigenvalue weighted by molar-refractivity contribution is 5.98. The molecule has 0 N–H and O–H groups in total. The quantitative estimate of drug-likeness (QED) is 0.759. The molecule has 17 heavy (non-hydrogen) atoms. The highest BCUT2D eigenvalue weighted by Gasteiger charge is 2.35. The van der Waals surface area contributed by atoms with Gasteiger partial charge in [-0.2, -0.15) is 0 Å². The van der Waals surface area contributed by atoms with Crippen LogP contribution in [0, 0.1) is 17.6 Å². The molecule has 1 aromatic rings. The molecule has 0 radical (unpaired) electrons. The normalized spacial score (nSPS) is 23.9. The van der Waals surface area contributed by atoms with Crippen LogP contribution in [0.25, 0.3) is 0 Å². The highest BCUT2D eigenvalue weighted by atomic mass is 19.1. The van der Waals surface area contributed by atoms with Crippen LogP contribution in [0.3, 0.4) is 0 Å². The van der Waals surface area contributed by atoms with Crippen molar-refractivity contribution in [2.24, 2.45) is 5.92 Å². The van der Waals surface area contributed by atoms with E-state index in [0.717, 1.165) is 12.1 Å². The molecule has 0 aromatic heterocycles. The summed E-state index contributed by atoms with van der Waals surface area (Å²) >= 11 is 0. The first-order valence-electron chi connectivity index (χ1n) is 5.75. The van der Waals surface area contributed by atoms with Gasteiger partial charge in [0, 0.05) is 6.61 Å². The lowest BCUT2D eigenvalue weighted by Gasteiger charge is -2.16. The second kappa shape index (κ2) is 4.92. The van der Waals surface area contributed by atoms with Crippen LogP contribution >= 0.6 is 0 Å². The first-order chi connectivity index (χ1) is 8.15. The van der Waals surface area contributed by atoms with Gasteiger partial charge in [-0.15, -0.1) is 0 Å². The van der Waals surface area contributed by atoms with Gasteiger partial charge in [0.2, 0.25) is 0 Å². The van der Waals surface area contributed by atoms with E-state index in [1.54, 1.807) is 0 Å². The molecule has 2 unspecified atom stereocenters. The maximum Gasteiger partial charge on any atom is 0.174 e. The SMILES string of the molecule is CCC1OCCC1C(=O)c1c(F)cccc1F. The smallest absolute Gasteiger partial charge is 0.174 e. The van der Waals surface area contributed by atoms with Gasteiger partial charge in [-0.25, -0.2) is 8.78 Å². The van der Waals surface area contributed by atoms with Gasteiger partial charge in [0.05, 0.1) is 17.6 Å². The standard InChI is InChI=1S/C13H14F2O2/c1-2-11-8(6-7-17-11)13(16)12-9(14)4-3-5-10(12)15/h3-5,8,11H,2,6-7H2,1H3. The van der Waals surface area contributed by atoms with Crippen LogP contribution in [0.4, 0.5) is 8.78 Å². The molecule has 1 fully saturated rings. The molecule has 2 atom stereocenters. The number of hydrogen-bond donors (Lipinski definition) is 0. The van der Waals surface area contributed by atoms with Crippen molar-refractivity contribution in [2.75, 3.05) is 6.61 Å². The van der Waals surface area contributed by atoms with Gasteiger partial charge in [0.1, 0.15) is 11.6 Å². The van der Waals surface area contributed by atoms with E-state index in [1.165, 1.54) is 6.07 Å². The zero-order chi connectivity index (χ0) is 12.4. The topological polar surface area (TPSA) is 26.3 Å². The van der Waals surface area contributed by atoms with Gasteiger partial charge in [-0.05, 0) is 25.0 Å². The Morgan fingerprint density at radius 1 is 1.41 bits per heavy atom. The van der Waals surface area contributed by atoms with Crippen molar-refractivity contribution in [3.63, 3.8) is 0 Å². The summed E-state index contributed by atoms with van der Waals surface area (Å²) in [6, 6.07) is 3.46. The van der Waals surface area contributed by atoms with E-state index >= 15 is 0 Å². The Morgan fingerprint density at radius 2 is 2.06 bits per heavy atom. The third kappa shape index (κ3) is 2.22. The summed E-state index contributed by atoms with van der Waals surface area (Å²) in [6.45, 7) is 2.37. The van der Waals surface area contributed by atoms with Crippen molar-refractivity contribution < 1.29 is 18.3 Å². The van der Waals surface area contributed by atoms with E-state index in [9.17, 15) is 13.6 Å². The second-order valence-corrected chi connectivity index (χ2v) is 4.17. The van der Waals surface area contributed by atoms with Crippen molar-refractivity contribution in [2.45, 2.75) is 25.9 Å². The molecule has 0 saturated carbocycles. The van der Waals surface area contributed by atoms with Crippen molar-refractivity contribution in [1.29, 1.82) is 0 Å². The molecule has 1 aliphatic heterocycles. The van der Waals surface area contributed by atoms with Gasteiger partial charge in [0.25, 0.3) is 0 Å². The van der Waals surface area contributed by atoms with Gasteiger partial charge in [-0.3, -0.25) is 4.79 Å². The van der Waals surface area contributed by atoms with Crippen molar-refractivity contribution in [3.05, 3.63) is 35.4 Å². The van der Waals surface area contributed by atoms with Crippen LogP contribution < -0.4 is 0 Å². The van der Waals surface area contributed by atoms with E-state index in [2.05, 4.69) is 0 Å². The van der Waals surface area contributed by atoms with Crippen LogP contribution in [0.15, 0.2) is 18.2 Å². The average molecular weight is 240 g/mol. The summed E-state index contributed by atoms with van der Waals surface area (Å²) in [5.74, 6) is -2.50. The summed E-state index contributed by atoms with van der Waals surface area (Å²) in [4.78, 5) is 12.1. The first-order valence-corrected chi connectivity index (χ1v) is 5.75. The third-order valence-electron chi connectivity index (χ3n) is 3.16. The maximum atomic E-state index is 13.5. The Labute approximate surface area is 98.6 Å². The number of carbonyl (C=O) groups excluding carboxylic acids is 1. The molecule has 0 aliphatic carbocycles. The fourth-order valence-corrected chi connectivity index (χ4v) is 2.27. The molecule has 1 heterocycles. The molecular formula is C13H14F2O2. The Kier molecular flexibility index (Phi) is 3.52. The fraction of sp³-hybridized carbons (Fsp3) is 0.462. The molecule has 92 valence electrons. The number of Topliss-reactive ketones (excluding diaryl/α,β-unsaturated/α-hetero) is 1. The molecule has 0 amide bonds. The zero-order valence-electron chi connectivity index (χ0n) is 9.58. The van der Waals surface area contributed by atoms with E-state index in [0.29, 0.717) is 19.4 Å². The maximum absolute atomic E-state index is 13.5. The van der Waals surface area contributed by atoms with Gasteiger partial charge in [-0.1, -0.05) is 13.0 Å². The number of carbonyl (C=O) groups is 1. The number of benzene rings is 1. The first kappa shape index (κ1) is 12.2. The highest BCUT2D eigenvalue weighted by Crippen LogP contribution is 2.28. The number of ether oxygens (including phenoxy) is 1. The lowest BCUT2D eigenvalue weighted by Crippen LogP contribution is -2.25. The van der Waals surface area contributed by atoms with Crippen LogP contribution in [0.2, 0.25) is 0 Å². The lowest BCUT2D eigenvalue weighted by atomic mass is 9.90. The van der Waals surface area contributed by atoms with E-state index in [4.69, 9.17) is 4.74 Å². The number of hydrogen-bond acceptors (Lipinski definition) is 2. The van der Waals surface area contributed by atoms with Crippen LogP contribution in [0.1, 0.15) is 30.1 Å². The number of ketones is 1. The second-order valence-electron chi connectivity index (χ2n) is 4.17. The average Bonchev–Trinajstić information content (AvgIpc) is 2.76. The Morgan fingerprint density at radius 3 is 2.65 bits per heavy atom. The molecule has 1 aromatic carbocycles. The number of rotatable bonds is 3. The molecule has 2 rings (SSSR count). The van der Waals surface area contributed by atoms with Crippen LogP contribution in [0.5, 0.6) is 0 Å². The molecular weight excluding hydrogens is 226 g/mol. The lowest BCUT2D eigenvalue weighted by molar-refractivity contribution is 0.0683. The predicted octanol–water partition coefficient (Wildman–Crippen LogP) is 2.96. The zero-order valence-corrected chi connectivity index (χ0v) is 9.58. The minimum absolute atomic E-state index is 0.221. The summed E-state index contributed by atoms with van der Waals surface area (Å²) in [7, 11) is 0. The van der Waals surface area contributed by atoms with Crippen LogP contribution in [-0.4, -0.2) is 18.5 Å². The minimum Gasteiger partial charge on any atom is -0.377 e. The summed E-state index contributed by atoms with van der Waals surface area (Å²) in [5, 5.41) is 0. The van der Waals surface area contributed by atoms with E-state index < -0.39 is 28.9 Å². The van der Waals surface area contributed by atoms with Gasteiger partial charge in [0.15, 0.2) is 5.78 Å². The Balaban J connectivity index is 2.31. The molecule has 0 bridgehead atoms. The Bertz CT molecular complexity index is 411. The van der Waals surface area contributed by atoms with Gasteiger partial charge < -0.3 is 4.74 Å². The summed E-state index contributed by atoms with van der Waals surface area (Å²) < 4.78 is 32.3. The predicted molar refractivity (Wildman–Crippen MR) is 58.8 cm³/mol. The van der Waals surface area contributed by atoms with Gasteiger partial charge >= 0.3 is 0 Å². The largest absolute Gasteiger partial charge is 0.377 e. The molecule has 1 aliphatic rings. The molecule has 0 spiro atoms. The molecule has 4 heteroatoms. The van der Waals surface area contributed by atoms with Crippen LogP contribution in [-0.2, 0) is 4.74 Å². The fourth-order valence-electron chi connectivity index (χ4n) is 2.27. The van der Waals surface area contributed by atoms with Crippen molar-refractivity contribution in [3.8, 4) is 0 Å². The Hall–Kier alpha value is -1.29.